The van der Waals surface area contributed by atoms with E-state index in [1.165, 1.54) is 29.9 Å². The van der Waals surface area contributed by atoms with Crippen molar-refractivity contribution >= 4 is 17.7 Å². The average Bonchev–Trinajstić information content (AvgIpc) is 2.80. The molecule has 1 aromatic heterocycles. The third-order valence-corrected chi connectivity index (χ3v) is 5.24. The van der Waals surface area contributed by atoms with E-state index >= 15 is 0 Å². The zero-order chi connectivity index (χ0) is 25.7. The number of pyridine rings is 1. The summed E-state index contributed by atoms with van der Waals surface area (Å²) in [6.07, 6.45) is 1.17. The number of anilines is 1. The van der Waals surface area contributed by atoms with Crippen LogP contribution >= 0.6 is 0 Å². The van der Waals surface area contributed by atoms with Gasteiger partial charge in [-0.3, -0.25) is 9.59 Å². The lowest BCUT2D eigenvalue weighted by molar-refractivity contribution is -0.143. The van der Waals surface area contributed by atoms with E-state index in [4.69, 9.17) is 4.74 Å². The molecule has 1 atom stereocenters. The molecule has 0 spiro atoms. The summed E-state index contributed by atoms with van der Waals surface area (Å²) in [5.74, 6) is -2.45. The summed E-state index contributed by atoms with van der Waals surface area (Å²) in [7, 11) is 1.47. The number of esters is 1. The first kappa shape index (κ1) is 25.4. The molecule has 0 aliphatic heterocycles. The fourth-order valence-electron chi connectivity index (χ4n) is 3.60. The first-order valence-electron chi connectivity index (χ1n) is 10.8. The number of nitrogens with one attached hydrogen (secondary N) is 2. The van der Waals surface area contributed by atoms with Crippen LogP contribution < -0.4 is 16.2 Å². The van der Waals surface area contributed by atoms with Gasteiger partial charge in [0, 0.05) is 24.9 Å². The smallest absolute Gasteiger partial charge is 0.319 e. The lowest BCUT2D eigenvalue weighted by Crippen LogP contribution is -2.36. The molecule has 3 rings (SSSR count). The van der Waals surface area contributed by atoms with Crippen molar-refractivity contribution in [3.8, 4) is 16.9 Å². The first-order chi connectivity index (χ1) is 16.6. The molecule has 10 heteroatoms. The Kier molecular flexibility index (Phi) is 7.85. The number of halogens is 2. The summed E-state index contributed by atoms with van der Waals surface area (Å²) in [5.41, 5.74) is 0.625. The van der Waals surface area contributed by atoms with E-state index in [-0.39, 0.29) is 30.0 Å². The number of benzene rings is 2. The van der Waals surface area contributed by atoms with Crippen LogP contribution in [0.1, 0.15) is 30.5 Å². The highest BCUT2D eigenvalue weighted by molar-refractivity contribution is 5.91. The Morgan fingerprint density at radius 3 is 2.46 bits per heavy atom. The minimum atomic E-state index is -0.914. The van der Waals surface area contributed by atoms with Gasteiger partial charge in [0.25, 0.3) is 5.56 Å². The number of urea groups is 1. The second-order valence-electron chi connectivity index (χ2n) is 7.90. The van der Waals surface area contributed by atoms with Crippen molar-refractivity contribution in [3.63, 3.8) is 0 Å². The molecule has 0 aliphatic rings. The lowest BCUT2D eigenvalue weighted by atomic mass is 9.97. The van der Waals surface area contributed by atoms with Crippen LogP contribution in [0.3, 0.4) is 0 Å². The average molecular weight is 485 g/mol. The second-order valence-corrected chi connectivity index (χ2v) is 7.90. The number of hydrogen-bond donors (Lipinski definition) is 3. The van der Waals surface area contributed by atoms with Crippen molar-refractivity contribution < 1.29 is 28.2 Å². The topological polar surface area (TPSA) is 110 Å². The first-order valence-corrected chi connectivity index (χ1v) is 10.8. The van der Waals surface area contributed by atoms with E-state index in [0.717, 1.165) is 6.07 Å². The molecule has 8 nitrogen and oxygen atoms in total. The predicted octanol–water partition coefficient (Wildman–Crippen LogP) is 4.16. The molecule has 0 saturated heterocycles. The summed E-state index contributed by atoms with van der Waals surface area (Å²) in [5, 5.41) is 15.2. The fraction of sp³-hybridized carbons (Fsp3) is 0.240. The van der Waals surface area contributed by atoms with Gasteiger partial charge in [-0.1, -0.05) is 18.2 Å². The van der Waals surface area contributed by atoms with Gasteiger partial charge in [-0.2, -0.15) is 0 Å². The Bertz CT molecular complexity index is 1300. The summed E-state index contributed by atoms with van der Waals surface area (Å²) in [6, 6.07) is 7.79. The van der Waals surface area contributed by atoms with Crippen LogP contribution in [0.2, 0.25) is 0 Å². The van der Waals surface area contributed by atoms with Gasteiger partial charge in [-0.05, 0) is 48.7 Å². The summed E-state index contributed by atoms with van der Waals surface area (Å²) >= 11 is 0. The number of rotatable bonds is 7. The molecule has 3 aromatic rings. The number of hydrogen-bond acceptors (Lipinski definition) is 5. The maximum Gasteiger partial charge on any atom is 0.319 e. The lowest BCUT2D eigenvalue weighted by Gasteiger charge is -2.20. The molecule has 0 fully saturated rings. The Labute approximate surface area is 200 Å². The number of carbonyl (C=O) groups excluding carboxylic acids is 2. The Morgan fingerprint density at radius 2 is 1.80 bits per heavy atom. The normalized spacial score (nSPS) is 11.6. The van der Waals surface area contributed by atoms with Crippen molar-refractivity contribution in [1.82, 2.24) is 9.88 Å². The minimum absolute atomic E-state index is 0.133. The third kappa shape index (κ3) is 6.23. The van der Waals surface area contributed by atoms with Crippen LogP contribution in [0, 0.1) is 18.6 Å². The standard InChI is InChI=1S/C25H25F2N3O5/c1-4-35-21(31)12-20(28-25(34)29-22-23(32)14(2)13-30(3)24(22)33)16-7-5-6-15(8-16)17-9-18(26)11-19(27)10-17/h5-11,13,20,32H,4,12H2,1-3H3,(H2,28,29,34)/t20-/m0/s1. The second kappa shape index (κ2) is 10.8. The monoisotopic (exact) mass is 485 g/mol. The molecular formula is C25H25F2N3O5. The summed E-state index contributed by atoms with van der Waals surface area (Å²) in [4.78, 5) is 37.4. The van der Waals surface area contributed by atoms with Crippen LogP contribution in [-0.2, 0) is 16.6 Å². The highest BCUT2D eigenvalue weighted by Gasteiger charge is 2.22. The zero-order valence-electron chi connectivity index (χ0n) is 19.4. The molecule has 0 unspecified atom stereocenters. The van der Waals surface area contributed by atoms with E-state index in [1.54, 1.807) is 38.1 Å². The van der Waals surface area contributed by atoms with Gasteiger partial charge in [-0.15, -0.1) is 0 Å². The van der Waals surface area contributed by atoms with E-state index in [1.807, 2.05) is 0 Å². The van der Waals surface area contributed by atoms with Crippen molar-refractivity contribution in [1.29, 1.82) is 0 Å². The van der Waals surface area contributed by atoms with Gasteiger partial charge >= 0.3 is 12.0 Å². The maximum absolute atomic E-state index is 13.7. The Hall–Kier alpha value is -4.21. The third-order valence-electron chi connectivity index (χ3n) is 5.24. The van der Waals surface area contributed by atoms with Gasteiger partial charge in [0.15, 0.2) is 5.69 Å². The van der Waals surface area contributed by atoms with Gasteiger partial charge in [0.1, 0.15) is 17.4 Å². The molecule has 0 bridgehead atoms. The van der Waals surface area contributed by atoms with E-state index in [9.17, 15) is 28.3 Å². The largest absolute Gasteiger partial charge is 0.505 e. The summed E-state index contributed by atoms with van der Waals surface area (Å²) in [6.45, 7) is 3.35. The molecule has 1 heterocycles. The van der Waals surface area contributed by atoms with Crippen molar-refractivity contribution in [2.75, 3.05) is 11.9 Å². The predicted molar refractivity (Wildman–Crippen MR) is 126 cm³/mol. The van der Waals surface area contributed by atoms with E-state index in [0.29, 0.717) is 16.7 Å². The van der Waals surface area contributed by atoms with Crippen LogP contribution in [0.5, 0.6) is 5.75 Å². The van der Waals surface area contributed by atoms with E-state index < -0.39 is 35.2 Å². The highest BCUT2D eigenvalue weighted by atomic mass is 19.1. The number of aromatic hydroxyl groups is 1. The molecule has 3 N–H and O–H groups in total. The molecule has 35 heavy (non-hydrogen) atoms. The quantitative estimate of drug-likeness (QED) is 0.436. The molecule has 184 valence electrons. The van der Waals surface area contributed by atoms with Crippen LogP contribution in [0.4, 0.5) is 19.3 Å². The Balaban J connectivity index is 1.92. The number of aromatic nitrogens is 1. The molecule has 2 aromatic carbocycles. The van der Waals surface area contributed by atoms with Gasteiger partial charge in [0.2, 0.25) is 0 Å². The van der Waals surface area contributed by atoms with Crippen molar-refractivity contribution in [3.05, 3.63) is 81.8 Å². The van der Waals surface area contributed by atoms with Crippen LogP contribution in [0.25, 0.3) is 11.1 Å². The zero-order valence-corrected chi connectivity index (χ0v) is 19.4. The Morgan fingerprint density at radius 1 is 1.11 bits per heavy atom. The minimum Gasteiger partial charge on any atom is -0.505 e. The van der Waals surface area contributed by atoms with Gasteiger partial charge < -0.3 is 25.0 Å². The van der Waals surface area contributed by atoms with E-state index in [2.05, 4.69) is 10.6 Å². The van der Waals surface area contributed by atoms with Gasteiger partial charge in [0.05, 0.1) is 19.1 Å². The molecular weight excluding hydrogens is 460 g/mol. The number of ether oxygens (including phenoxy) is 1. The van der Waals surface area contributed by atoms with Crippen LogP contribution in [0.15, 0.2) is 53.5 Å². The molecule has 0 aliphatic carbocycles. The summed E-state index contributed by atoms with van der Waals surface area (Å²) < 4.78 is 33.7. The molecule has 0 saturated carbocycles. The molecule has 0 radical (unpaired) electrons. The highest BCUT2D eigenvalue weighted by Crippen LogP contribution is 2.27. The van der Waals surface area contributed by atoms with Crippen LogP contribution in [-0.4, -0.2) is 28.3 Å². The van der Waals surface area contributed by atoms with Crippen molar-refractivity contribution in [2.45, 2.75) is 26.3 Å². The number of aryl methyl sites for hydroxylation is 2. The fourth-order valence-corrected chi connectivity index (χ4v) is 3.60. The van der Waals surface area contributed by atoms with Crippen molar-refractivity contribution in [2.24, 2.45) is 7.05 Å². The SMILES string of the molecule is CCOC(=O)C[C@H](NC(=O)Nc1c(O)c(C)cn(C)c1=O)c1cccc(-c2cc(F)cc(F)c2)c1. The number of carbonyl (C=O) groups is 2. The number of nitrogens with zero attached hydrogens (tertiary/aromatic N) is 1. The molecule has 2 amide bonds. The number of amides is 2. The maximum atomic E-state index is 13.7. The van der Waals surface area contributed by atoms with Gasteiger partial charge in [-0.25, -0.2) is 13.6 Å².